The normalized spacial score (nSPS) is 10.4. The van der Waals surface area contributed by atoms with Gasteiger partial charge in [-0.15, -0.1) is 0 Å². The summed E-state index contributed by atoms with van der Waals surface area (Å²) in [6.45, 7) is 1.81. The summed E-state index contributed by atoms with van der Waals surface area (Å²) in [5, 5.41) is 0.577. The summed E-state index contributed by atoms with van der Waals surface area (Å²) in [4.78, 5) is 12.1. The van der Waals surface area contributed by atoms with Crippen molar-refractivity contribution in [2.45, 2.75) is 6.92 Å². The molecule has 1 aromatic carbocycles. The van der Waals surface area contributed by atoms with E-state index in [9.17, 15) is 4.79 Å². The van der Waals surface area contributed by atoms with Gasteiger partial charge in [-0.3, -0.25) is 4.79 Å². The molecule has 0 bridgehead atoms. The third kappa shape index (κ3) is 1.93. The fourth-order valence-electron chi connectivity index (χ4n) is 1.43. The molecule has 0 amide bonds. The van der Waals surface area contributed by atoms with Crippen LogP contribution >= 0.6 is 27.5 Å². The van der Waals surface area contributed by atoms with Crippen molar-refractivity contribution in [2.75, 3.05) is 0 Å². The van der Waals surface area contributed by atoms with Crippen LogP contribution in [0.25, 0.3) is 0 Å². The summed E-state index contributed by atoms with van der Waals surface area (Å²) in [5.74, 6) is 0.127. The molecule has 16 heavy (non-hydrogen) atoms. The van der Waals surface area contributed by atoms with Gasteiger partial charge in [0.15, 0.2) is 5.76 Å². The smallest absolute Gasteiger partial charge is 0.229 e. The lowest BCUT2D eigenvalue weighted by atomic mass is 10.0. The predicted octanol–water partition coefficient (Wildman–Crippen LogP) is 4.23. The monoisotopic (exact) mass is 298 g/mol. The van der Waals surface area contributed by atoms with Crippen molar-refractivity contribution in [3.05, 3.63) is 56.9 Å². The van der Waals surface area contributed by atoms with Gasteiger partial charge in [0.2, 0.25) is 5.78 Å². The lowest BCUT2D eigenvalue weighted by Gasteiger charge is -2.04. The van der Waals surface area contributed by atoms with E-state index in [1.165, 1.54) is 6.26 Å². The third-order valence-corrected chi connectivity index (χ3v) is 3.37. The maximum atomic E-state index is 12.1. The Morgan fingerprint density at radius 1 is 1.38 bits per heavy atom. The first-order chi connectivity index (χ1) is 7.61. The van der Waals surface area contributed by atoms with Gasteiger partial charge in [-0.25, -0.2) is 0 Å². The number of benzene rings is 1. The highest BCUT2D eigenvalue weighted by Gasteiger charge is 2.18. The largest absolute Gasteiger partial charge is 0.460 e. The number of halogens is 2. The highest BCUT2D eigenvalue weighted by Crippen LogP contribution is 2.25. The zero-order chi connectivity index (χ0) is 11.7. The fourth-order valence-corrected chi connectivity index (χ4v) is 1.99. The number of carbonyl (C=O) groups excluding carboxylic acids is 1. The average Bonchev–Trinajstić information content (AvgIpc) is 2.68. The van der Waals surface area contributed by atoms with Gasteiger partial charge in [0, 0.05) is 10.6 Å². The summed E-state index contributed by atoms with van der Waals surface area (Å²) in [5.41, 5.74) is 1.32. The molecule has 0 saturated carbocycles. The molecular formula is C12H8BrClO2. The van der Waals surface area contributed by atoms with Crippen LogP contribution in [-0.2, 0) is 0 Å². The number of furan rings is 1. The van der Waals surface area contributed by atoms with Crippen molar-refractivity contribution in [1.82, 2.24) is 0 Å². The van der Waals surface area contributed by atoms with Crippen LogP contribution in [0.2, 0.25) is 5.02 Å². The molecule has 0 aliphatic carbocycles. The topological polar surface area (TPSA) is 30.2 Å². The van der Waals surface area contributed by atoms with E-state index in [1.807, 2.05) is 6.92 Å². The molecule has 0 N–H and O–H groups in total. The van der Waals surface area contributed by atoms with Crippen LogP contribution in [0.15, 0.2) is 39.4 Å². The van der Waals surface area contributed by atoms with Gasteiger partial charge in [0.05, 0.1) is 10.7 Å². The van der Waals surface area contributed by atoms with Crippen LogP contribution in [0.3, 0.4) is 0 Å². The van der Waals surface area contributed by atoms with Gasteiger partial charge >= 0.3 is 0 Å². The summed E-state index contributed by atoms with van der Waals surface area (Å²) in [6, 6.07) is 6.93. The van der Waals surface area contributed by atoms with Crippen molar-refractivity contribution in [1.29, 1.82) is 0 Å². The molecule has 0 aliphatic rings. The van der Waals surface area contributed by atoms with Crippen molar-refractivity contribution >= 4 is 33.3 Å². The van der Waals surface area contributed by atoms with E-state index in [0.717, 1.165) is 5.56 Å². The number of carbonyl (C=O) groups is 1. The minimum absolute atomic E-state index is 0.170. The fraction of sp³-hybridized carbons (Fsp3) is 0.0833. The molecule has 2 aromatic rings. The van der Waals surface area contributed by atoms with Gasteiger partial charge in [0.1, 0.15) is 0 Å². The number of rotatable bonds is 2. The maximum Gasteiger partial charge on any atom is 0.229 e. The highest BCUT2D eigenvalue weighted by atomic mass is 79.9. The zero-order valence-corrected chi connectivity index (χ0v) is 10.8. The molecule has 1 aromatic heterocycles. The van der Waals surface area contributed by atoms with Gasteiger partial charge in [-0.05, 0) is 40.5 Å². The minimum Gasteiger partial charge on any atom is -0.460 e. The molecule has 2 nitrogen and oxygen atoms in total. The molecule has 4 heteroatoms. The van der Waals surface area contributed by atoms with E-state index in [-0.39, 0.29) is 5.78 Å². The standard InChI is InChI=1S/C12H8BrClO2/c1-7-8(3-2-4-10(7)14)11(15)12-9(13)5-6-16-12/h2-6H,1H3. The van der Waals surface area contributed by atoms with Crippen molar-refractivity contribution in [3.63, 3.8) is 0 Å². The van der Waals surface area contributed by atoms with Gasteiger partial charge < -0.3 is 4.42 Å². The van der Waals surface area contributed by atoms with Crippen LogP contribution in [0, 0.1) is 6.92 Å². The Labute approximate surface area is 106 Å². The third-order valence-electron chi connectivity index (χ3n) is 2.34. The first-order valence-electron chi connectivity index (χ1n) is 4.64. The van der Waals surface area contributed by atoms with Gasteiger partial charge in [-0.1, -0.05) is 23.7 Å². The molecule has 0 aliphatic heterocycles. The van der Waals surface area contributed by atoms with E-state index in [1.54, 1.807) is 24.3 Å². The molecule has 0 atom stereocenters. The summed E-state index contributed by atoms with van der Waals surface area (Å²) in [7, 11) is 0. The van der Waals surface area contributed by atoms with Gasteiger partial charge in [0.25, 0.3) is 0 Å². The average molecular weight is 300 g/mol. The van der Waals surface area contributed by atoms with E-state index in [2.05, 4.69) is 15.9 Å². The second kappa shape index (κ2) is 4.44. The van der Waals surface area contributed by atoms with Crippen LogP contribution in [0.4, 0.5) is 0 Å². The summed E-state index contributed by atoms with van der Waals surface area (Å²) >= 11 is 9.22. The maximum absolute atomic E-state index is 12.1. The zero-order valence-electron chi connectivity index (χ0n) is 8.46. The van der Waals surface area contributed by atoms with Crippen LogP contribution in [0.5, 0.6) is 0 Å². The Morgan fingerprint density at radius 3 is 2.75 bits per heavy atom. The molecule has 0 saturated heterocycles. The molecule has 82 valence electrons. The SMILES string of the molecule is Cc1c(Cl)cccc1C(=O)c1occc1Br. The van der Waals surface area contributed by atoms with Crippen molar-refractivity contribution in [3.8, 4) is 0 Å². The van der Waals surface area contributed by atoms with Gasteiger partial charge in [-0.2, -0.15) is 0 Å². The van der Waals surface area contributed by atoms with Crippen LogP contribution < -0.4 is 0 Å². The Morgan fingerprint density at radius 2 is 2.12 bits per heavy atom. The van der Waals surface area contributed by atoms with Crippen molar-refractivity contribution < 1.29 is 9.21 Å². The second-order valence-corrected chi connectivity index (χ2v) is 4.60. The van der Waals surface area contributed by atoms with E-state index < -0.39 is 0 Å². The Hall–Kier alpha value is -1.06. The Bertz CT molecular complexity index is 546. The summed E-state index contributed by atoms with van der Waals surface area (Å²) in [6.07, 6.45) is 1.47. The van der Waals surface area contributed by atoms with Crippen LogP contribution in [0.1, 0.15) is 21.7 Å². The summed E-state index contributed by atoms with van der Waals surface area (Å²) < 4.78 is 5.79. The Balaban J connectivity index is 2.50. The number of hydrogen-bond donors (Lipinski definition) is 0. The molecule has 0 unspecified atom stereocenters. The highest BCUT2D eigenvalue weighted by molar-refractivity contribution is 9.10. The van der Waals surface area contributed by atoms with E-state index in [0.29, 0.717) is 20.8 Å². The van der Waals surface area contributed by atoms with E-state index in [4.69, 9.17) is 16.0 Å². The number of hydrogen-bond acceptors (Lipinski definition) is 2. The Kier molecular flexibility index (Phi) is 3.17. The minimum atomic E-state index is -0.170. The van der Waals surface area contributed by atoms with Crippen molar-refractivity contribution in [2.24, 2.45) is 0 Å². The molecular weight excluding hydrogens is 291 g/mol. The molecule has 2 rings (SSSR count). The second-order valence-electron chi connectivity index (χ2n) is 3.34. The first kappa shape index (κ1) is 11.4. The number of ketones is 1. The molecule has 1 heterocycles. The lowest BCUT2D eigenvalue weighted by molar-refractivity contribution is 0.101. The van der Waals surface area contributed by atoms with E-state index >= 15 is 0 Å². The first-order valence-corrected chi connectivity index (χ1v) is 5.81. The predicted molar refractivity (Wildman–Crippen MR) is 66.0 cm³/mol. The lowest BCUT2D eigenvalue weighted by Crippen LogP contribution is -2.03. The molecule has 0 fully saturated rings. The molecule has 0 radical (unpaired) electrons. The van der Waals surface area contributed by atoms with Crippen LogP contribution in [-0.4, -0.2) is 5.78 Å². The quantitative estimate of drug-likeness (QED) is 0.777. The molecule has 0 spiro atoms.